The third-order valence-corrected chi connectivity index (χ3v) is 1.67. The molecule has 0 aliphatic rings. The first kappa shape index (κ1) is 10.4. The van der Waals surface area contributed by atoms with E-state index >= 15 is 0 Å². The highest BCUT2D eigenvalue weighted by Gasteiger charge is 2.21. The maximum Gasteiger partial charge on any atom is 0.329 e. The Morgan fingerprint density at radius 2 is 2.07 bits per heavy atom. The quantitative estimate of drug-likeness (QED) is 0.539. The van der Waals surface area contributed by atoms with Gasteiger partial charge in [-0.3, -0.25) is 10.1 Å². The average molecular weight is 196 g/mol. The summed E-state index contributed by atoms with van der Waals surface area (Å²) in [6, 6.07) is 0. The lowest BCUT2D eigenvalue weighted by atomic mass is 9.96. The first-order valence-electron chi connectivity index (χ1n) is 4.10. The van der Waals surface area contributed by atoms with Crippen molar-refractivity contribution in [2.24, 2.45) is 0 Å². The third-order valence-electron chi connectivity index (χ3n) is 1.67. The summed E-state index contributed by atoms with van der Waals surface area (Å²) in [5.41, 5.74) is 4.91. The standard InChI is InChI=1S/C8H12N4O2/c1-8(2,3)7-10-4-5(12(13)14)6(9)11-7/h4H,1-3H3,(H2,9,10,11). The summed E-state index contributed by atoms with van der Waals surface area (Å²) in [6.45, 7) is 5.73. The maximum atomic E-state index is 10.4. The van der Waals surface area contributed by atoms with Crippen molar-refractivity contribution in [3.05, 3.63) is 22.1 Å². The van der Waals surface area contributed by atoms with Crippen LogP contribution in [0.3, 0.4) is 0 Å². The van der Waals surface area contributed by atoms with Gasteiger partial charge in [0.1, 0.15) is 12.0 Å². The number of nitro groups is 1. The van der Waals surface area contributed by atoms with Gasteiger partial charge in [-0.25, -0.2) is 9.97 Å². The SMILES string of the molecule is CC(C)(C)c1ncc([N+](=O)[O-])c(N)n1. The monoisotopic (exact) mass is 196 g/mol. The summed E-state index contributed by atoms with van der Waals surface area (Å²) < 4.78 is 0. The molecule has 0 aromatic carbocycles. The zero-order valence-electron chi connectivity index (χ0n) is 8.31. The molecule has 0 spiro atoms. The van der Waals surface area contributed by atoms with E-state index in [0.717, 1.165) is 6.20 Å². The van der Waals surface area contributed by atoms with Crippen LogP contribution in [0.4, 0.5) is 11.5 Å². The Balaban J connectivity index is 3.20. The summed E-state index contributed by atoms with van der Waals surface area (Å²) in [5.74, 6) is 0.413. The highest BCUT2D eigenvalue weighted by molar-refractivity contribution is 5.50. The molecule has 76 valence electrons. The van der Waals surface area contributed by atoms with Gasteiger partial charge in [-0.2, -0.15) is 0 Å². The number of anilines is 1. The second-order valence-electron chi connectivity index (χ2n) is 3.97. The second-order valence-corrected chi connectivity index (χ2v) is 3.97. The molecule has 0 radical (unpaired) electrons. The molecule has 0 unspecified atom stereocenters. The number of nitrogen functional groups attached to an aromatic ring is 1. The first-order chi connectivity index (χ1) is 6.32. The molecule has 1 heterocycles. The van der Waals surface area contributed by atoms with Gasteiger partial charge in [0.25, 0.3) is 0 Å². The van der Waals surface area contributed by atoms with Crippen LogP contribution in [0.5, 0.6) is 0 Å². The minimum Gasteiger partial charge on any atom is -0.378 e. The van der Waals surface area contributed by atoms with Crippen molar-refractivity contribution in [3.8, 4) is 0 Å². The fraction of sp³-hybridized carbons (Fsp3) is 0.500. The van der Waals surface area contributed by atoms with Crippen molar-refractivity contribution in [1.82, 2.24) is 9.97 Å². The van der Waals surface area contributed by atoms with E-state index in [2.05, 4.69) is 9.97 Å². The van der Waals surface area contributed by atoms with E-state index in [9.17, 15) is 10.1 Å². The lowest BCUT2D eigenvalue weighted by Crippen LogP contribution is -2.17. The summed E-state index contributed by atoms with van der Waals surface area (Å²) in [6.07, 6.45) is 1.14. The van der Waals surface area contributed by atoms with E-state index in [1.807, 2.05) is 20.8 Å². The molecule has 0 saturated carbocycles. The van der Waals surface area contributed by atoms with Crippen molar-refractivity contribution in [2.45, 2.75) is 26.2 Å². The largest absolute Gasteiger partial charge is 0.378 e. The molecule has 1 aromatic rings. The molecule has 0 aliphatic carbocycles. The zero-order valence-corrected chi connectivity index (χ0v) is 8.31. The molecule has 1 rings (SSSR count). The Bertz CT molecular complexity index is 370. The van der Waals surface area contributed by atoms with E-state index in [0.29, 0.717) is 5.82 Å². The number of hydrogen-bond acceptors (Lipinski definition) is 5. The van der Waals surface area contributed by atoms with Crippen LogP contribution in [-0.4, -0.2) is 14.9 Å². The maximum absolute atomic E-state index is 10.4. The number of nitrogens with zero attached hydrogens (tertiary/aromatic N) is 3. The molecule has 2 N–H and O–H groups in total. The molecule has 14 heavy (non-hydrogen) atoms. The van der Waals surface area contributed by atoms with Gasteiger partial charge in [-0.15, -0.1) is 0 Å². The minimum absolute atomic E-state index is 0.0880. The van der Waals surface area contributed by atoms with Crippen LogP contribution < -0.4 is 5.73 Å². The fourth-order valence-electron chi connectivity index (χ4n) is 0.891. The molecular weight excluding hydrogens is 184 g/mol. The van der Waals surface area contributed by atoms with Crippen LogP contribution in [0.15, 0.2) is 6.20 Å². The van der Waals surface area contributed by atoms with Crippen molar-refractivity contribution in [2.75, 3.05) is 5.73 Å². The van der Waals surface area contributed by atoms with Crippen LogP contribution in [0.25, 0.3) is 0 Å². The molecule has 6 nitrogen and oxygen atoms in total. The van der Waals surface area contributed by atoms with Crippen molar-refractivity contribution in [3.63, 3.8) is 0 Å². The van der Waals surface area contributed by atoms with Crippen LogP contribution in [0.2, 0.25) is 0 Å². The van der Waals surface area contributed by atoms with Crippen molar-refractivity contribution in [1.29, 1.82) is 0 Å². The van der Waals surface area contributed by atoms with Crippen LogP contribution in [-0.2, 0) is 5.41 Å². The van der Waals surface area contributed by atoms with Gasteiger partial charge in [0.15, 0.2) is 0 Å². The molecule has 0 fully saturated rings. The second kappa shape index (κ2) is 3.21. The molecule has 0 aliphatic heterocycles. The topological polar surface area (TPSA) is 94.9 Å². The van der Waals surface area contributed by atoms with Gasteiger partial charge in [-0.1, -0.05) is 20.8 Å². The van der Waals surface area contributed by atoms with Crippen LogP contribution in [0, 0.1) is 10.1 Å². The van der Waals surface area contributed by atoms with Crippen molar-refractivity contribution < 1.29 is 4.92 Å². The summed E-state index contributed by atoms with van der Waals surface area (Å²) in [7, 11) is 0. The van der Waals surface area contributed by atoms with Crippen LogP contribution >= 0.6 is 0 Å². The number of hydrogen-bond donors (Lipinski definition) is 1. The van der Waals surface area contributed by atoms with Gasteiger partial charge >= 0.3 is 5.69 Å². The highest BCUT2D eigenvalue weighted by atomic mass is 16.6. The fourth-order valence-corrected chi connectivity index (χ4v) is 0.891. The molecule has 0 amide bonds. The highest BCUT2D eigenvalue weighted by Crippen LogP contribution is 2.23. The number of aromatic nitrogens is 2. The van der Waals surface area contributed by atoms with E-state index < -0.39 is 4.92 Å². The van der Waals surface area contributed by atoms with Gasteiger partial charge in [0.05, 0.1) is 4.92 Å². The van der Waals surface area contributed by atoms with Gasteiger partial charge in [-0.05, 0) is 0 Å². The molecule has 0 saturated heterocycles. The smallest absolute Gasteiger partial charge is 0.329 e. The van der Waals surface area contributed by atoms with E-state index in [-0.39, 0.29) is 16.9 Å². The Kier molecular flexibility index (Phi) is 2.37. The molecule has 0 bridgehead atoms. The Labute approximate surface area is 81.3 Å². The van der Waals surface area contributed by atoms with Gasteiger partial charge in [0.2, 0.25) is 5.82 Å². The number of nitrogens with two attached hydrogens (primary N) is 1. The normalized spacial score (nSPS) is 11.4. The third kappa shape index (κ3) is 1.95. The Morgan fingerprint density at radius 3 is 2.43 bits per heavy atom. The van der Waals surface area contributed by atoms with E-state index in [1.165, 1.54) is 0 Å². The molecule has 1 aromatic heterocycles. The van der Waals surface area contributed by atoms with E-state index in [4.69, 9.17) is 5.73 Å². The molecular formula is C8H12N4O2. The predicted octanol–water partition coefficient (Wildman–Crippen LogP) is 1.26. The Morgan fingerprint density at radius 1 is 1.50 bits per heavy atom. The van der Waals surface area contributed by atoms with E-state index in [1.54, 1.807) is 0 Å². The summed E-state index contributed by atoms with van der Waals surface area (Å²) in [5, 5.41) is 10.4. The van der Waals surface area contributed by atoms with Crippen LogP contribution in [0.1, 0.15) is 26.6 Å². The molecule has 6 heteroatoms. The Hall–Kier alpha value is -1.72. The minimum atomic E-state index is -0.595. The average Bonchev–Trinajstić information content (AvgIpc) is 2.01. The summed E-state index contributed by atoms with van der Waals surface area (Å²) >= 11 is 0. The summed E-state index contributed by atoms with van der Waals surface area (Å²) in [4.78, 5) is 17.6. The zero-order chi connectivity index (χ0) is 10.9. The predicted molar refractivity (Wildman–Crippen MR) is 51.8 cm³/mol. The lowest BCUT2D eigenvalue weighted by Gasteiger charge is -2.15. The lowest BCUT2D eigenvalue weighted by molar-refractivity contribution is -0.384. The van der Waals surface area contributed by atoms with Gasteiger partial charge < -0.3 is 5.73 Å². The number of rotatable bonds is 1. The van der Waals surface area contributed by atoms with Gasteiger partial charge in [0, 0.05) is 5.41 Å². The first-order valence-corrected chi connectivity index (χ1v) is 4.10. The van der Waals surface area contributed by atoms with Crippen molar-refractivity contribution >= 4 is 11.5 Å². The molecule has 0 atom stereocenters.